The van der Waals surface area contributed by atoms with Crippen molar-refractivity contribution in [2.24, 2.45) is 0 Å². The van der Waals surface area contributed by atoms with Gasteiger partial charge in [0.15, 0.2) is 5.65 Å². The van der Waals surface area contributed by atoms with Crippen molar-refractivity contribution in [3.05, 3.63) is 65.5 Å². The summed E-state index contributed by atoms with van der Waals surface area (Å²) in [6.07, 6.45) is 0. The molecular weight excluding hydrogens is 348 g/mol. The zero-order valence-electron chi connectivity index (χ0n) is 16.7. The highest BCUT2D eigenvalue weighted by Gasteiger charge is 2.12. The van der Waals surface area contributed by atoms with Crippen LogP contribution in [0.3, 0.4) is 0 Å². The molecule has 0 unspecified atom stereocenters. The van der Waals surface area contributed by atoms with Crippen molar-refractivity contribution in [2.75, 3.05) is 18.4 Å². The molecule has 0 saturated carbocycles. The average Bonchev–Trinajstić information content (AvgIpc) is 3.13. The summed E-state index contributed by atoms with van der Waals surface area (Å²) >= 11 is 0. The number of nitrogens with one attached hydrogen (secondary N) is 1. The van der Waals surface area contributed by atoms with Gasteiger partial charge in [0.05, 0.1) is 5.52 Å². The van der Waals surface area contributed by atoms with Crippen LogP contribution in [-0.4, -0.2) is 37.6 Å². The summed E-state index contributed by atoms with van der Waals surface area (Å²) in [5, 5.41) is 9.04. The first kappa shape index (κ1) is 18.4. The summed E-state index contributed by atoms with van der Waals surface area (Å²) < 4.78 is 1.81. The van der Waals surface area contributed by atoms with E-state index in [1.807, 2.05) is 35.7 Å². The van der Waals surface area contributed by atoms with Gasteiger partial charge in [-0.25, -0.2) is 9.97 Å². The zero-order valence-corrected chi connectivity index (χ0v) is 16.7. The van der Waals surface area contributed by atoms with Crippen molar-refractivity contribution in [3.8, 4) is 0 Å². The third-order valence-corrected chi connectivity index (χ3v) is 5.13. The fraction of sp³-hybridized carbons (Fsp3) is 0.318. The maximum absolute atomic E-state index is 4.79. The van der Waals surface area contributed by atoms with Crippen molar-refractivity contribution in [1.82, 2.24) is 24.5 Å². The lowest BCUT2D eigenvalue weighted by atomic mass is 10.1. The molecule has 6 nitrogen and oxygen atoms in total. The van der Waals surface area contributed by atoms with Gasteiger partial charge in [0.1, 0.15) is 5.82 Å². The molecule has 28 heavy (non-hydrogen) atoms. The summed E-state index contributed by atoms with van der Waals surface area (Å²) in [6.45, 7) is 10.0. The van der Waals surface area contributed by atoms with E-state index < -0.39 is 0 Å². The quantitative estimate of drug-likeness (QED) is 0.529. The Kier molecular flexibility index (Phi) is 5.21. The lowest BCUT2D eigenvalue weighted by molar-refractivity contribution is 0.295. The maximum Gasteiger partial charge on any atom is 0.226 e. The molecule has 144 valence electrons. The second-order valence-corrected chi connectivity index (χ2v) is 6.93. The van der Waals surface area contributed by atoms with E-state index in [1.165, 1.54) is 11.1 Å². The number of para-hydroxylation sites is 1. The smallest absolute Gasteiger partial charge is 0.226 e. The van der Waals surface area contributed by atoms with Gasteiger partial charge in [-0.3, -0.25) is 4.90 Å². The molecule has 2 aromatic heterocycles. The Bertz CT molecular complexity index is 1100. The van der Waals surface area contributed by atoms with Crippen molar-refractivity contribution in [3.63, 3.8) is 0 Å². The van der Waals surface area contributed by atoms with Gasteiger partial charge < -0.3 is 5.32 Å². The molecule has 4 rings (SSSR count). The average molecular weight is 374 g/mol. The van der Waals surface area contributed by atoms with Crippen molar-refractivity contribution < 1.29 is 0 Å². The van der Waals surface area contributed by atoms with Crippen LogP contribution in [0.2, 0.25) is 0 Å². The molecule has 2 aromatic carbocycles. The van der Waals surface area contributed by atoms with Crippen LogP contribution in [0.4, 0.5) is 5.95 Å². The number of hydrogen-bond acceptors (Lipinski definition) is 5. The van der Waals surface area contributed by atoms with E-state index in [2.05, 4.69) is 58.4 Å². The second kappa shape index (κ2) is 7.94. The molecule has 0 bridgehead atoms. The lowest BCUT2D eigenvalue weighted by Crippen LogP contribution is -2.23. The molecule has 2 heterocycles. The molecule has 0 aliphatic heterocycles. The van der Waals surface area contributed by atoms with E-state index >= 15 is 0 Å². The van der Waals surface area contributed by atoms with Crippen LogP contribution in [0.5, 0.6) is 0 Å². The standard InChI is InChI=1S/C22H26N6/c1-4-27(5-2)15-18-11-7-6-10-17(18)14-23-22-25-20-13-9-8-12-19(20)21-24-16(3)26-28(21)22/h6-13H,4-5,14-15H2,1-3H3,(H,23,25). The molecular formula is C22H26N6. The molecule has 0 amide bonds. The fourth-order valence-corrected chi connectivity index (χ4v) is 3.52. The van der Waals surface area contributed by atoms with Crippen molar-refractivity contribution in [1.29, 1.82) is 0 Å². The van der Waals surface area contributed by atoms with E-state index in [-0.39, 0.29) is 0 Å². The van der Waals surface area contributed by atoms with Gasteiger partial charge in [-0.2, -0.15) is 4.52 Å². The molecule has 6 heteroatoms. The van der Waals surface area contributed by atoms with Crippen LogP contribution in [0.25, 0.3) is 16.6 Å². The number of hydrogen-bond donors (Lipinski definition) is 1. The van der Waals surface area contributed by atoms with E-state index in [1.54, 1.807) is 0 Å². The highest BCUT2D eigenvalue weighted by Crippen LogP contribution is 2.21. The zero-order chi connectivity index (χ0) is 19.5. The molecule has 0 radical (unpaired) electrons. The predicted octanol–water partition coefficient (Wildman–Crippen LogP) is 4.04. The van der Waals surface area contributed by atoms with Crippen molar-refractivity contribution in [2.45, 2.75) is 33.9 Å². The van der Waals surface area contributed by atoms with Gasteiger partial charge in [0.2, 0.25) is 5.95 Å². The van der Waals surface area contributed by atoms with E-state index in [4.69, 9.17) is 4.98 Å². The lowest BCUT2D eigenvalue weighted by Gasteiger charge is -2.20. The topological polar surface area (TPSA) is 58.3 Å². The SMILES string of the molecule is CCN(CC)Cc1ccccc1CNc1nc2ccccc2c2nc(C)nn12. The minimum atomic E-state index is 0.691. The monoisotopic (exact) mass is 374 g/mol. The third-order valence-electron chi connectivity index (χ3n) is 5.13. The first-order chi connectivity index (χ1) is 13.7. The number of aromatic nitrogens is 4. The van der Waals surface area contributed by atoms with Crippen LogP contribution < -0.4 is 5.32 Å². The minimum Gasteiger partial charge on any atom is -0.350 e. The van der Waals surface area contributed by atoms with Gasteiger partial charge in [-0.15, -0.1) is 5.10 Å². The van der Waals surface area contributed by atoms with Crippen molar-refractivity contribution >= 4 is 22.5 Å². The Hall–Kier alpha value is -2.99. The Labute approximate surface area is 165 Å². The molecule has 0 aliphatic carbocycles. The predicted molar refractivity (Wildman–Crippen MR) is 113 cm³/mol. The first-order valence-corrected chi connectivity index (χ1v) is 9.84. The molecule has 4 aromatic rings. The Balaban J connectivity index is 1.66. The van der Waals surface area contributed by atoms with Gasteiger partial charge in [-0.05, 0) is 43.3 Å². The largest absolute Gasteiger partial charge is 0.350 e. The maximum atomic E-state index is 4.79. The summed E-state index contributed by atoms with van der Waals surface area (Å²) in [5.41, 5.74) is 4.36. The van der Waals surface area contributed by atoms with Gasteiger partial charge in [-0.1, -0.05) is 50.2 Å². The molecule has 1 N–H and O–H groups in total. The number of aryl methyl sites for hydroxylation is 1. The number of fused-ring (bicyclic) bond motifs is 3. The van der Waals surface area contributed by atoms with Crippen LogP contribution in [0, 0.1) is 6.92 Å². The van der Waals surface area contributed by atoms with E-state index in [0.29, 0.717) is 12.5 Å². The highest BCUT2D eigenvalue weighted by atomic mass is 15.4. The number of benzene rings is 2. The molecule has 0 atom stereocenters. The minimum absolute atomic E-state index is 0.691. The highest BCUT2D eigenvalue weighted by molar-refractivity contribution is 5.92. The molecule has 0 aliphatic rings. The summed E-state index contributed by atoms with van der Waals surface area (Å²) in [7, 11) is 0. The summed E-state index contributed by atoms with van der Waals surface area (Å²) in [4.78, 5) is 11.8. The number of nitrogens with zero attached hydrogens (tertiary/aromatic N) is 5. The van der Waals surface area contributed by atoms with Crippen LogP contribution >= 0.6 is 0 Å². The van der Waals surface area contributed by atoms with E-state index in [0.717, 1.165) is 42.0 Å². The number of anilines is 1. The Morgan fingerprint density at radius 1 is 0.929 bits per heavy atom. The van der Waals surface area contributed by atoms with E-state index in [9.17, 15) is 0 Å². The molecule has 0 spiro atoms. The number of rotatable bonds is 7. The molecule has 0 saturated heterocycles. The Morgan fingerprint density at radius 2 is 1.64 bits per heavy atom. The normalized spacial score (nSPS) is 11.6. The second-order valence-electron chi connectivity index (χ2n) is 6.93. The fourth-order valence-electron chi connectivity index (χ4n) is 3.52. The first-order valence-electron chi connectivity index (χ1n) is 9.84. The van der Waals surface area contributed by atoms with Gasteiger partial charge in [0.25, 0.3) is 0 Å². The molecule has 0 fully saturated rings. The van der Waals surface area contributed by atoms with Crippen LogP contribution in [-0.2, 0) is 13.1 Å². The van der Waals surface area contributed by atoms with Crippen LogP contribution in [0.1, 0.15) is 30.8 Å². The van der Waals surface area contributed by atoms with Crippen LogP contribution in [0.15, 0.2) is 48.5 Å². The van der Waals surface area contributed by atoms with Gasteiger partial charge in [0, 0.05) is 18.5 Å². The third kappa shape index (κ3) is 3.55. The summed E-state index contributed by atoms with van der Waals surface area (Å²) in [6, 6.07) is 16.6. The summed E-state index contributed by atoms with van der Waals surface area (Å²) in [5.74, 6) is 1.45. The Morgan fingerprint density at radius 3 is 2.43 bits per heavy atom. The van der Waals surface area contributed by atoms with Gasteiger partial charge >= 0.3 is 0 Å².